The molecule has 1 amide bonds. The molecule has 0 aliphatic carbocycles. The number of carbonyl (C=O) groups excluding carboxylic acids is 2. The SMILES string of the molecule is O=C1CC(N(O)C(=O)OCC(Cl)(Cl)Cl)CO1. The van der Waals surface area contributed by atoms with Gasteiger partial charge in [-0.3, -0.25) is 10.0 Å². The number of esters is 1. The molecular weight excluding hydrogens is 284 g/mol. The van der Waals surface area contributed by atoms with Crippen molar-refractivity contribution in [3.8, 4) is 0 Å². The van der Waals surface area contributed by atoms with Crippen molar-refractivity contribution in [3.63, 3.8) is 0 Å². The second-order valence-electron chi connectivity index (χ2n) is 3.06. The summed E-state index contributed by atoms with van der Waals surface area (Å²) < 4.78 is 7.29. The fourth-order valence-corrected chi connectivity index (χ4v) is 1.18. The quantitative estimate of drug-likeness (QED) is 0.361. The van der Waals surface area contributed by atoms with E-state index in [4.69, 9.17) is 34.8 Å². The van der Waals surface area contributed by atoms with Gasteiger partial charge in [-0.2, -0.15) is 5.06 Å². The van der Waals surface area contributed by atoms with Gasteiger partial charge in [0.25, 0.3) is 0 Å². The van der Waals surface area contributed by atoms with Crippen LogP contribution in [0.1, 0.15) is 6.42 Å². The molecular formula is C7H8Cl3NO5. The molecule has 16 heavy (non-hydrogen) atoms. The number of hydroxylamine groups is 2. The van der Waals surface area contributed by atoms with Gasteiger partial charge in [0.2, 0.25) is 3.79 Å². The molecule has 1 rings (SSSR count). The third kappa shape index (κ3) is 4.21. The van der Waals surface area contributed by atoms with Gasteiger partial charge in [-0.15, -0.1) is 0 Å². The Morgan fingerprint density at radius 3 is 2.69 bits per heavy atom. The monoisotopic (exact) mass is 291 g/mol. The summed E-state index contributed by atoms with van der Waals surface area (Å²) in [7, 11) is 0. The van der Waals surface area contributed by atoms with Crippen LogP contribution in [0.15, 0.2) is 0 Å². The summed E-state index contributed by atoms with van der Waals surface area (Å²) in [6, 6.07) is -0.768. The van der Waals surface area contributed by atoms with Gasteiger partial charge in [-0.1, -0.05) is 34.8 Å². The number of hydrogen-bond donors (Lipinski definition) is 1. The maximum absolute atomic E-state index is 11.2. The molecule has 1 aliphatic heterocycles. The fourth-order valence-electron chi connectivity index (χ4n) is 1.02. The average Bonchev–Trinajstić information content (AvgIpc) is 2.59. The van der Waals surface area contributed by atoms with Crippen LogP contribution in [0.25, 0.3) is 0 Å². The molecule has 6 nitrogen and oxygen atoms in total. The van der Waals surface area contributed by atoms with Crippen molar-refractivity contribution in [2.45, 2.75) is 16.3 Å². The van der Waals surface area contributed by atoms with Crippen molar-refractivity contribution in [2.24, 2.45) is 0 Å². The van der Waals surface area contributed by atoms with Gasteiger partial charge in [0.1, 0.15) is 19.3 Å². The number of carbonyl (C=O) groups is 2. The average molecular weight is 293 g/mol. The first-order chi connectivity index (χ1) is 7.29. The Morgan fingerprint density at radius 1 is 1.62 bits per heavy atom. The predicted molar refractivity (Wildman–Crippen MR) is 54.6 cm³/mol. The Balaban J connectivity index is 2.39. The number of rotatable bonds is 2. The van der Waals surface area contributed by atoms with E-state index in [2.05, 4.69) is 9.47 Å². The summed E-state index contributed by atoms with van der Waals surface area (Å²) in [5, 5.41) is 9.58. The summed E-state index contributed by atoms with van der Waals surface area (Å²) >= 11 is 16.0. The van der Waals surface area contributed by atoms with Gasteiger partial charge in [0.05, 0.1) is 6.42 Å². The van der Waals surface area contributed by atoms with Crippen LogP contribution in [0.5, 0.6) is 0 Å². The van der Waals surface area contributed by atoms with Crippen LogP contribution in [0.4, 0.5) is 4.79 Å². The zero-order chi connectivity index (χ0) is 12.3. The second kappa shape index (κ2) is 5.27. The van der Waals surface area contributed by atoms with E-state index in [1.165, 1.54) is 0 Å². The topological polar surface area (TPSA) is 76.1 Å². The van der Waals surface area contributed by atoms with E-state index in [1.807, 2.05) is 0 Å². The summed E-state index contributed by atoms with van der Waals surface area (Å²) in [4.78, 5) is 21.9. The molecule has 92 valence electrons. The molecule has 1 unspecified atom stereocenters. The minimum absolute atomic E-state index is 0.0851. The van der Waals surface area contributed by atoms with Crippen LogP contribution in [-0.2, 0) is 14.3 Å². The van der Waals surface area contributed by atoms with Gasteiger partial charge in [-0.25, -0.2) is 4.79 Å². The lowest BCUT2D eigenvalue weighted by atomic mass is 10.2. The van der Waals surface area contributed by atoms with Gasteiger partial charge in [-0.05, 0) is 0 Å². The molecule has 1 saturated heterocycles. The lowest BCUT2D eigenvalue weighted by Gasteiger charge is -2.20. The van der Waals surface area contributed by atoms with E-state index >= 15 is 0 Å². The van der Waals surface area contributed by atoms with Crippen LogP contribution in [0.2, 0.25) is 0 Å². The highest BCUT2D eigenvalue weighted by Crippen LogP contribution is 2.26. The van der Waals surface area contributed by atoms with Gasteiger partial charge >= 0.3 is 12.1 Å². The van der Waals surface area contributed by atoms with Crippen molar-refractivity contribution in [3.05, 3.63) is 0 Å². The van der Waals surface area contributed by atoms with Crippen molar-refractivity contribution in [2.75, 3.05) is 13.2 Å². The third-order valence-corrected chi connectivity index (χ3v) is 2.06. The van der Waals surface area contributed by atoms with E-state index in [-0.39, 0.29) is 18.1 Å². The minimum Gasteiger partial charge on any atom is -0.463 e. The molecule has 0 saturated carbocycles. The largest absolute Gasteiger partial charge is 0.463 e. The number of amides is 1. The van der Waals surface area contributed by atoms with Crippen LogP contribution < -0.4 is 0 Å². The molecule has 1 aliphatic rings. The van der Waals surface area contributed by atoms with E-state index in [0.717, 1.165) is 0 Å². The van der Waals surface area contributed by atoms with Crippen LogP contribution in [-0.4, -0.2) is 45.4 Å². The second-order valence-corrected chi connectivity index (χ2v) is 5.57. The number of hydrogen-bond acceptors (Lipinski definition) is 5. The normalized spacial score (nSPS) is 20.5. The number of ether oxygens (including phenoxy) is 2. The summed E-state index contributed by atoms with van der Waals surface area (Å²) in [5.74, 6) is -0.502. The van der Waals surface area contributed by atoms with E-state index in [9.17, 15) is 14.8 Å². The van der Waals surface area contributed by atoms with E-state index in [1.54, 1.807) is 0 Å². The molecule has 0 bridgehead atoms. The number of nitrogens with zero attached hydrogens (tertiary/aromatic N) is 1. The highest BCUT2D eigenvalue weighted by Gasteiger charge is 2.33. The molecule has 0 radical (unpaired) electrons. The Morgan fingerprint density at radius 2 is 2.25 bits per heavy atom. The molecule has 1 fully saturated rings. The first-order valence-electron chi connectivity index (χ1n) is 4.17. The molecule has 1 heterocycles. The fraction of sp³-hybridized carbons (Fsp3) is 0.714. The number of halogens is 3. The van der Waals surface area contributed by atoms with Crippen LogP contribution in [0, 0.1) is 0 Å². The van der Waals surface area contributed by atoms with Crippen molar-refractivity contribution < 1.29 is 24.3 Å². The highest BCUT2D eigenvalue weighted by atomic mass is 35.6. The van der Waals surface area contributed by atoms with Gasteiger partial charge in [0, 0.05) is 0 Å². The minimum atomic E-state index is -1.75. The predicted octanol–water partition coefficient (Wildman–Crippen LogP) is 1.50. The zero-order valence-corrected chi connectivity index (χ0v) is 10.1. The van der Waals surface area contributed by atoms with Gasteiger partial charge < -0.3 is 9.47 Å². The van der Waals surface area contributed by atoms with Crippen molar-refractivity contribution >= 4 is 46.9 Å². The summed E-state index contributed by atoms with van der Waals surface area (Å²) in [6.45, 7) is -0.590. The Kier molecular flexibility index (Phi) is 4.49. The highest BCUT2D eigenvalue weighted by molar-refractivity contribution is 6.67. The summed E-state index contributed by atoms with van der Waals surface area (Å²) in [6.07, 6.45) is -1.20. The molecule has 0 spiro atoms. The molecule has 0 aromatic rings. The maximum atomic E-state index is 11.2. The van der Waals surface area contributed by atoms with Crippen LogP contribution in [0.3, 0.4) is 0 Å². The lowest BCUT2D eigenvalue weighted by Crippen LogP contribution is -2.39. The molecule has 1 atom stereocenters. The summed E-state index contributed by atoms with van der Waals surface area (Å²) in [5.41, 5.74) is 0. The third-order valence-electron chi connectivity index (χ3n) is 1.73. The van der Waals surface area contributed by atoms with Gasteiger partial charge in [0.15, 0.2) is 0 Å². The molecule has 0 aromatic heterocycles. The molecule has 9 heteroatoms. The first-order valence-corrected chi connectivity index (χ1v) is 5.30. The molecule has 0 aromatic carbocycles. The van der Waals surface area contributed by atoms with E-state index < -0.39 is 28.5 Å². The lowest BCUT2D eigenvalue weighted by molar-refractivity contribution is -0.137. The Hall–Kier alpha value is -0.430. The van der Waals surface area contributed by atoms with Crippen LogP contribution >= 0.6 is 34.8 Å². The Labute approximate surface area is 106 Å². The molecule has 1 N–H and O–H groups in total. The van der Waals surface area contributed by atoms with Crippen molar-refractivity contribution in [1.29, 1.82) is 0 Å². The first kappa shape index (κ1) is 13.6. The maximum Gasteiger partial charge on any atom is 0.434 e. The standard InChI is InChI=1S/C7H8Cl3NO5/c8-7(9,10)3-16-6(13)11(14)4-1-5(12)15-2-4/h4,14H,1-3H2. The number of alkyl halides is 3. The zero-order valence-electron chi connectivity index (χ0n) is 7.86. The van der Waals surface area contributed by atoms with Crippen molar-refractivity contribution in [1.82, 2.24) is 5.06 Å². The smallest absolute Gasteiger partial charge is 0.434 e. The van der Waals surface area contributed by atoms with E-state index in [0.29, 0.717) is 0 Å². The number of cyclic esters (lactones) is 1. The Bertz CT molecular complexity index is 292.